The van der Waals surface area contributed by atoms with Gasteiger partial charge in [-0.2, -0.15) is 0 Å². The molecule has 14 heavy (non-hydrogen) atoms. The molecule has 0 radical (unpaired) electrons. The Kier molecular flexibility index (Phi) is 9.35. The van der Waals surface area contributed by atoms with Crippen LogP contribution < -0.4 is 10.6 Å². The van der Waals surface area contributed by atoms with Gasteiger partial charge in [0.1, 0.15) is 0 Å². The van der Waals surface area contributed by atoms with E-state index in [0.717, 1.165) is 38.8 Å². The van der Waals surface area contributed by atoms with E-state index in [1.54, 1.807) is 0 Å². The third-order valence-electron chi connectivity index (χ3n) is 1.77. The molecule has 0 bridgehead atoms. The monoisotopic (exact) mass is 202 g/mol. The van der Waals surface area contributed by atoms with Crippen LogP contribution in [0.25, 0.3) is 0 Å². The molecule has 0 rings (SSSR count). The summed E-state index contributed by atoms with van der Waals surface area (Å²) in [7, 11) is 0. The molecule has 0 aliphatic carbocycles. The molecule has 0 aliphatic rings. The lowest BCUT2D eigenvalue weighted by atomic mass is 10.2. The molecule has 0 atom stereocenters. The van der Waals surface area contributed by atoms with Gasteiger partial charge in [0.2, 0.25) is 0 Å². The van der Waals surface area contributed by atoms with Crippen LogP contribution in [0.2, 0.25) is 0 Å². The van der Waals surface area contributed by atoms with Crippen molar-refractivity contribution in [3.63, 3.8) is 0 Å². The quantitative estimate of drug-likeness (QED) is 0.552. The fraction of sp³-hybridized carbons (Fsp3) is 1.00. The smallest absolute Gasteiger partial charge is 0.0591 e. The van der Waals surface area contributed by atoms with Gasteiger partial charge < -0.3 is 15.4 Å². The van der Waals surface area contributed by atoms with Crippen LogP contribution in [0.5, 0.6) is 0 Å². The molecule has 0 aromatic heterocycles. The Morgan fingerprint density at radius 2 is 1.64 bits per heavy atom. The van der Waals surface area contributed by atoms with E-state index in [4.69, 9.17) is 4.74 Å². The van der Waals surface area contributed by atoms with Crippen molar-refractivity contribution in [2.75, 3.05) is 32.8 Å². The second-order valence-corrected chi connectivity index (χ2v) is 4.32. The number of nitrogens with one attached hydrogen (secondary N) is 2. The van der Waals surface area contributed by atoms with E-state index < -0.39 is 0 Å². The molecule has 3 heteroatoms. The third-order valence-corrected chi connectivity index (χ3v) is 1.77. The zero-order chi connectivity index (χ0) is 10.8. The predicted octanol–water partition coefficient (Wildman–Crippen LogP) is 1.25. The van der Waals surface area contributed by atoms with Crippen LogP contribution in [0.3, 0.4) is 0 Å². The lowest BCUT2D eigenvalue weighted by molar-refractivity contribution is 0.135. The van der Waals surface area contributed by atoms with Crippen LogP contribution >= 0.6 is 0 Å². The van der Waals surface area contributed by atoms with Gasteiger partial charge in [-0.1, -0.05) is 27.7 Å². The van der Waals surface area contributed by atoms with Crippen molar-refractivity contribution in [3.05, 3.63) is 0 Å². The van der Waals surface area contributed by atoms with Gasteiger partial charge in [-0.3, -0.25) is 0 Å². The molecule has 0 aromatic rings. The van der Waals surface area contributed by atoms with Crippen molar-refractivity contribution in [2.24, 2.45) is 5.92 Å². The number of ether oxygens (including phenoxy) is 1. The molecule has 0 spiro atoms. The first-order chi connectivity index (χ1) is 6.63. The molecule has 0 aliphatic heterocycles. The minimum absolute atomic E-state index is 0.553. The van der Waals surface area contributed by atoms with Crippen LogP contribution in [0.15, 0.2) is 0 Å². The van der Waals surface area contributed by atoms with Crippen molar-refractivity contribution < 1.29 is 4.74 Å². The first-order valence-electron chi connectivity index (χ1n) is 5.64. The van der Waals surface area contributed by atoms with Crippen LogP contribution in [0, 0.1) is 5.92 Å². The van der Waals surface area contributed by atoms with Crippen molar-refractivity contribution in [1.82, 2.24) is 10.6 Å². The molecule has 0 unspecified atom stereocenters. The van der Waals surface area contributed by atoms with Crippen molar-refractivity contribution in [2.45, 2.75) is 33.7 Å². The molecule has 0 saturated carbocycles. The average Bonchev–Trinajstić information content (AvgIpc) is 2.08. The highest BCUT2D eigenvalue weighted by molar-refractivity contribution is 4.52. The van der Waals surface area contributed by atoms with Gasteiger partial charge in [-0.15, -0.1) is 0 Å². The number of rotatable bonds is 9. The molecule has 2 N–H and O–H groups in total. The van der Waals surface area contributed by atoms with E-state index in [1.807, 2.05) is 0 Å². The molecular weight excluding hydrogens is 176 g/mol. The summed E-state index contributed by atoms with van der Waals surface area (Å²) in [6, 6.07) is 0.553. The zero-order valence-electron chi connectivity index (χ0n) is 10.1. The second kappa shape index (κ2) is 9.44. The number of hydrogen-bond donors (Lipinski definition) is 2. The Bertz CT molecular complexity index is 102. The van der Waals surface area contributed by atoms with E-state index in [0.29, 0.717) is 6.04 Å². The molecular formula is C11H26N2O. The minimum atomic E-state index is 0.553. The Hall–Kier alpha value is -0.120. The highest BCUT2D eigenvalue weighted by Gasteiger charge is 1.93. The third kappa shape index (κ3) is 11.9. The van der Waals surface area contributed by atoms with Gasteiger partial charge in [-0.05, 0) is 12.5 Å². The average molecular weight is 202 g/mol. The molecule has 0 amide bonds. The second-order valence-electron chi connectivity index (χ2n) is 4.32. The fourth-order valence-electron chi connectivity index (χ4n) is 1.06. The van der Waals surface area contributed by atoms with Gasteiger partial charge in [0, 0.05) is 19.1 Å². The van der Waals surface area contributed by atoms with E-state index in [1.165, 1.54) is 0 Å². The summed E-state index contributed by atoms with van der Waals surface area (Å²) < 4.78 is 5.44. The van der Waals surface area contributed by atoms with Gasteiger partial charge >= 0.3 is 0 Å². The standard InChI is InChI=1S/C11H26N2O/c1-10(2)9-12-5-7-14-8-6-13-11(3)4/h10-13H,5-9H2,1-4H3. The largest absolute Gasteiger partial charge is 0.379 e. The van der Waals surface area contributed by atoms with E-state index in [2.05, 4.69) is 38.3 Å². The van der Waals surface area contributed by atoms with E-state index >= 15 is 0 Å². The predicted molar refractivity (Wildman–Crippen MR) is 61.7 cm³/mol. The molecule has 0 aromatic carbocycles. The highest BCUT2D eigenvalue weighted by atomic mass is 16.5. The first-order valence-corrected chi connectivity index (χ1v) is 5.64. The van der Waals surface area contributed by atoms with Gasteiger partial charge in [0.05, 0.1) is 13.2 Å². The van der Waals surface area contributed by atoms with E-state index in [9.17, 15) is 0 Å². The normalized spacial score (nSPS) is 11.6. The summed E-state index contributed by atoms with van der Waals surface area (Å²) in [4.78, 5) is 0. The first kappa shape index (κ1) is 13.9. The number of hydrogen-bond acceptors (Lipinski definition) is 3. The molecule has 0 heterocycles. The molecule has 86 valence electrons. The maximum Gasteiger partial charge on any atom is 0.0591 e. The zero-order valence-corrected chi connectivity index (χ0v) is 10.1. The molecule has 3 nitrogen and oxygen atoms in total. The summed E-state index contributed by atoms with van der Waals surface area (Å²) in [5.74, 6) is 0.720. The maximum atomic E-state index is 5.44. The topological polar surface area (TPSA) is 33.3 Å². The van der Waals surface area contributed by atoms with Crippen LogP contribution in [0.1, 0.15) is 27.7 Å². The summed E-state index contributed by atoms with van der Waals surface area (Å²) in [6.07, 6.45) is 0. The Morgan fingerprint density at radius 3 is 2.21 bits per heavy atom. The van der Waals surface area contributed by atoms with Gasteiger partial charge in [-0.25, -0.2) is 0 Å². The van der Waals surface area contributed by atoms with Crippen LogP contribution in [0.4, 0.5) is 0 Å². The van der Waals surface area contributed by atoms with Crippen LogP contribution in [-0.2, 0) is 4.74 Å². The van der Waals surface area contributed by atoms with Crippen LogP contribution in [-0.4, -0.2) is 38.9 Å². The van der Waals surface area contributed by atoms with E-state index in [-0.39, 0.29) is 0 Å². The van der Waals surface area contributed by atoms with Crippen molar-refractivity contribution in [3.8, 4) is 0 Å². The lowest BCUT2D eigenvalue weighted by Gasteiger charge is -2.09. The van der Waals surface area contributed by atoms with Crippen molar-refractivity contribution in [1.29, 1.82) is 0 Å². The van der Waals surface area contributed by atoms with Gasteiger partial charge in [0.25, 0.3) is 0 Å². The van der Waals surface area contributed by atoms with Gasteiger partial charge in [0.15, 0.2) is 0 Å². The Morgan fingerprint density at radius 1 is 1.00 bits per heavy atom. The maximum absolute atomic E-state index is 5.44. The van der Waals surface area contributed by atoms with Crippen molar-refractivity contribution >= 4 is 0 Å². The lowest BCUT2D eigenvalue weighted by Crippen LogP contribution is -2.28. The summed E-state index contributed by atoms with van der Waals surface area (Å²) in [6.45, 7) is 13.3. The minimum Gasteiger partial charge on any atom is -0.379 e. The molecule has 0 saturated heterocycles. The Balaban J connectivity index is 2.92. The summed E-state index contributed by atoms with van der Waals surface area (Å²) >= 11 is 0. The fourth-order valence-corrected chi connectivity index (χ4v) is 1.06. The molecule has 0 fully saturated rings. The Labute approximate surface area is 88.6 Å². The SMILES string of the molecule is CC(C)CNCCOCCNC(C)C. The highest BCUT2D eigenvalue weighted by Crippen LogP contribution is 1.86. The summed E-state index contributed by atoms with van der Waals surface area (Å²) in [5.41, 5.74) is 0. The summed E-state index contributed by atoms with van der Waals surface area (Å²) in [5, 5.41) is 6.65.